The average Bonchev–Trinajstić information content (AvgIpc) is 3.20. The van der Waals surface area contributed by atoms with Crippen LogP contribution in [0.5, 0.6) is 5.75 Å². The topological polar surface area (TPSA) is 69.6 Å². The van der Waals surface area contributed by atoms with Gasteiger partial charge in [0.05, 0.1) is 5.69 Å². The van der Waals surface area contributed by atoms with Crippen molar-refractivity contribution >= 4 is 17.5 Å². The molecule has 3 rings (SSSR count). The third kappa shape index (κ3) is 3.30. The molecular weight excluding hydrogens is 299 g/mol. The van der Waals surface area contributed by atoms with Crippen LogP contribution in [0.1, 0.15) is 38.5 Å². The summed E-state index contributed by atoms with van der Waals surface area (Å²) in [6.07, 6.45) is 5.32. The maximum atomic E-state index is 13.7. The molecule has 1 unspecified atom stereocenters. The summed E-state index contributed by atoms with van der Waals surface area (Å²) in [4.78, 5) is 26.7. The van der Waals surface area contributed by atoms with Gasteiger partial charge in [-0.3, -0.25) is 9.59 Å². The van der Waals surface area contributed by atoms with Crippen molar-refractivity contribution in [3.05, 3.63) is 24.0 Å². The summed E-state index contributed by atoms with van der Waals surface area (Å²) < 4.78 is 13.7. The molecule has 1 aliphatic heterocycles. The molecule has 5 nitrogen and oxygen atoms in total. The first-order valence-electron chi connectivity index (χ1n) is 8.16. The molecule has 23 heavy (non-hydrogen) atoms. The van der Waals surface area contributed by atoms with Crippen LogP contribution in [0, 0.1) is 11.7 Å². The van der Waals surface area contributed by atoms with Gasteiger partial charge >= 0.3 is 0 Å². The Kier molecular flexibility index (Phi) is 4.50. The van der Waals surface area contributed by atoms with Crippen molar-refractivity contribution in [2.45, 2.75) is 44.6 Å². The Labute approximate surface area is 134 Å². The summed E-state index contributed by atoms with van der Waals surface area (Å²) in [6.45, 7) is 0.589. The number of aromatic hydroxyl groups is 1. The van der Waals surface area contributed by atoms with E-state index in [2.05, 4.69) is 5.32 Å². The van der Waals surface area contributed by atoms with Gasteiger partial charge in [0.15, 0.2) is 0 Å². The number of halogens is 1. The van der Waals surface area contributed by atoms with E-state index in [4.69, 9.17) is 0 Å². The molecule has 1 aliphatic carbocycles. The van der Waals surface area contributed by atoms with Crippen molar-refractivity contribution in [2.75, 3.05) is 11.9 Å². The number of phenolic OH excluding ortho intramolecular Hbond substituents is 1. The second kappa shape index (κ2) is 6.56. The van der Waals surface area contributed by atoms with E-state index in [9.17, 15) is 19.1 Å². The Hall–Kier alpha value is -2.11. The monoisotopic (exact) mass is 320 g/mol. The van der Waals surface area contributed by atoms with E-state index in [0.29, 0.717) is 13.0 Å². The number of hydrogen-bond acceptors (Lipinski definition) is 3. The molecule has 1 saturated heterocycles. The number of nitrogens with one attached hydrogen (secondary N) is 1. The van der Waals surface area contributed by atoms with E-state index < -0.39 is 11.9 Å². The fourth-order valence-electron chi connectivity index (χ4n) is 3.53. The number of rotatable bonds is 3. The standard InChI is InChI=1S/C17H21FN2O3/c18-13-10-12(21)7-8-14(13)19-16(22)15-6-3-9-20(15)17(23)11-4-1-2-5-11/h7-8,10-11,15,21H,1-6,9H2,(H,19,22). The van der Waals surface area contributed by atoms with Crippen molar-refractivity contribution < 1.29 is 19.1 Å². The molecule has 1 aromatic carbocycles. The Morgan fingerprint density at radius 1 is 1.17 bits per heavy atom. The number of carbonyl (C=O) groups excluding carboxylic acids is 2. The second-order valence-electron chi connectivity index (χ2n) is 6.32. The lowest BCUT2D eigenvalue weighted by molar-refractivity contribution is -0.140. The van der Waals surface area contributed by atoms with E-state index >= 15 is 0 Å². The van der Waals surface area contributed by atoms with Gasteiger partial charge < -0.3 is 15.3 Å². The van der Waals surface area contributed by atoms with Crippen LogP contribution in [-0.2, 0) is 9.59 Å². The summed E-state index contributed by atoms with van der Waals surface area (Å²) in [5.41, 5.74) is 0.0213. The van der Waals surface area contributed by atoms with E-state index in [1.165, 1.54) is 12.1 Å². The van der Waals surface area contributed by atoms with E-state index in [1.807, 2.05) is 0 Å². The molecule has 2 fully saturated rings. The largest absolute Gasteiger partial charge is 0.508 e. The highest BCUT2D eigenvalue weighted by molar-refractivity contribution is 5.98. The summed E-state index contributed by atoms with van der Waals surface area (Å²) in [5, 5.41) is 11.7. The number of anilines is 1. The maximum absolute atomic E-state index is 13.7. The third-order valence-corrected chi connectivity index (χ3v) is 4.75. The number of hydrogen-bond donors (Lipinski definition) is 2. The van der Waals surface area contributed by atoms with Crippen molar-refractivity contribution in [1.29, 1.82) is 0 Å². The van der Waals surface area contributed by atoms with Gasteiger partial charge in [-0.1, -0.05) is 12.8 Å². The van der Waals surface area contributed by atoms with Crippen LogP contribution in [0.3, 0.4) is 0 Å². The number of likely N-dealkylation sites (tertiary alicyclic amines) is 1. The number of carbonyl (C=O) groups is 2. The molecule has 0 spiro atoms. The second-order valence-corrected chi connectivity index (χ2v) is 6.32. The van der Waals surface area contributed by atoms with Gasteiger partial charge in [0.25, 0.3) is 0 Å². The molecule has 1 aromatic rings. The molecule has 1 saturated carbocycles. The van der Waals surface area contributed by atoms with Gasteiger partial charge in [-0.2, -0.15) is 0 Å². The molecule has 6 heteroatoms. The molecule has 0 bridgehead atoms. The lowest BCUT2D eigenvalue weighted by Crippen LogP contribution is -2.45. The normalized spacial score (nSPS) is 21.6. The molecule has 0 radical (unpaired) electrons. The van der Waals surface area contributed by atoms with Crippen molar-refractivity contribution in [2.24, 2.45) is 5.92 Å². The van der Waals surface area contributed by atoms with Crippen LogP contribution < -0.4 is 5.32 Å². The van der Waals surface area contributed by atoms with Crippen LogP contribution in [0.25, 0.3) is 0 Å². The highest BCUT2D eigenvalue weighted by Gasteiger charge is 2.37. The van der Waals surface area contributed by atoms with Gasteiger partial charge in [0, 0.05) is 18.5 Å². The zero-order chi connectivity index (χ0) is 16.4. The highest BCUT2D eigenvalue weighted by Crippen LogP contribution is 2.30. The molecule has 0 aromatic heterocycles. The predicted octanol–water partition coefficient (Wildman–Crippen LogP) is 2.65. The first-order valence-corrected chi connectivity index (χ1v) is 8.16. The molecule has 124 valence electrons. The fraction of sp³-hybridized carbons (Fsp3) is 0.529. The Morgan fingerprint density at radius 3 is 2.61 bits per heavy atom. The lowest BCUT2D eigenvalue weighted by atomic mass is 10.1. The minimum atomic E-state index is -0.690. The van der Waals surface area contributed by atoms with Crippen molar-refractivity contribution in [3.8, 4) is 5.75 Å². The number of nitrogens with zero attached hydrogens (tertiary/aromatic N) is 1. The van der Waals surface area contributed by atoms with Crippen LogP contribution in [0.15, 0.2) is 18.2 Å². The van der Waals surface area contributed by atoms with E-state index in [1.54, 1.807) is 4.90 Å². The first-order chi connectivity index (χ1) is 11.1. The quantitative estimate of drug-likeness (QED) is 0.841. The number of phenols is 1. The Bertz CT molecular complexity index is 614. The first kappa shape index (κ1) is 15.8. The smallest absolute Gasteiger partial charge is 0.247 e. The molecule has 1 heterocycles. The van der Waals surface area contributed by atoms with Crippen LogP contribution in [0.4, 0.5) is 10.1 Å². The van der Waals surface area contributed by atoms with Crippen molar-refractivity contribution in [3.63, 3.8) is 0 Å². The summed E-state index contributed by atoms with van der Waals surface area (Å²) in [7, 11) is 0. The van der Waals surface area contributed by atoms with Crippen LogP contribution >= 0.6 is 0 Å². The highest BCUT2D eigenvalue weighted by atomic mass is 19.1. The van der Waals surface area contributed by atoms with E-state index in [0.717, 1.165) is 38.2 Å². The minimum absolute atomic E-state index is 0.0213. The third-order valence-electron chi connectivity index (χ3n) is 4.75. The zero-order valence-corrected chi connectivity index (χ0v) is 12.9. The van der Waals surface area contributed by atoms with E-state index in [-0.39, 0.29) is 29.2 Å². The molecule has 1 atom stereocenters. The summed E-state index contributed by atoms with van der Waals surface area (Å²) in [6, 6.07) is 3.05. The van der Waals surface area contributed by atoms with Gasteiger partial charge in [-0.25, -0.2) is 4.39 Å². The molecular formula is C17H21FN2O3. The number of benzene rings is 1. The lowest BCUT2D eigenvalue weighted by Gasteiger charge is -2.26. The van der Waals surface area contributed by atoms with Crippen LogP contribution in [-0.4, -0.2) is 34.4 Å². The predicted molar refractivity (Wildman–Crippen MR) is 83.4 cm³/mol. The van der Waals surface area contributed by atoms with Crippen molar-refractivity contribution in [1.82, 2.24) is 4.90 Å². The van der Waals surface area contributed by atoms with Crippen LogP contribution in [0.2, 0.25) is 0 Å². The SMILES string of the molecule is O=C(Nc1ccc(O)cc1F)C1CCCN1C(=O)C1CCCC1. The molecule has 2 N–H and O–H groups in total. The summed E-state index contributed by atoms with van der Waals surface area (Å²) >= 11 is 0. The zero-order valence-electron chi connectivity index (χ0n) is 12.9. The molecule has 2 amide bonds. The summed E-state index contributed by atoms with van der Waals surface area (Å²) in [5.74, 6) is -1.15. The van der Waals surface area contributed by atoms with Gasteiger partial charge in [-0.15, -0.1) is 0 Å². The average molecular weight is 320 g/mol. The number of amides is 2. The van der Waals surface area contributed by atoms with Gasteiger partial charge in [-0.05, 0) is 37.8 Å². The molecule has 2 aliphatic rings. The minimum Gasteiger partial charge on any atom is -0.508 e. The van der Waals surface area contributed by atoms with Gasteiger partial charge in [0.2, 0.25) is 11.8 Å². The van der Waals surface area contributed by atoms with Gasteiger partial charge in [0.1, 0.15) is 17.6 Å². The Morgan fingerprint density at radius 2 is 1.91 bits per heavy atom. The maximum Gasteiger partial charge on any atom is 0.247 e. The Balaban J connectivity index is 1.69. The fourth-order valence-corrected chi connectivity index (χ4v) is 3.53.